The van der Waals surface area contributed by atoms with Crippen LogP contribution in [0.5, 0.6) is 0 Å². The van der Waals surface area contributed by atoms with E-state index in [1.165, 1.54) is 0 Å². The molecule has 0 aliphatic carbocycles. The van der Waals surface area contributed by atoms with Crippen molar-refractivity contribution in [2.24, 2.45) is 0 Å². The second-order valence-corrected chi connectivity index (χ2v) is 5.46. The topological polar surface area (TPSA) is 50.8 Å². The van der Waals surface area contributed by atoms with Crippen LogP contribution in [0.3, 0.4) is 0 Å². The second-order valence-electron chi connectivity index (χ2n) is 5.46. The number of ether oxygens (including phenoxy) is 2. The van der Waals surface area contributed by atoms with Gasteiger partial charge in [0.15, 0.2) is 5.72 Å². The van der Waals surface area contributed by atoms with Crippen LogP contribution in [0.2, 0.25) is 0 Å². The lowest BCUT2D eigenvalue weighted by atomic mass is 10.0. The van der Waals surface area contributed by atoms with Gasteiger partial charge in [0.05, 0.1) is 19.7 Å². The fraction of sp³-hybridized carbons (Fsp3) is 0.909. The Hall–Kier alpha value is -0.810. The molecule has 92 valence electrons. The van der Waals surface area contributed by atoms with E-state index in [2.05, 4.69) is 5.32 Å². The lowest BCUT2D eigenvalue weighted by Crippen LogP contribution is -2.73. The molecule has 2 aliphatic heterocycles. The van der Waals surface area contributed by atoms with E-state index in [0.29, 0.717) is 13.1 Å². The third kappa shape index (κ3) is 2.47. The van der Waals surface area contributed by atoms with Gasteiger partial charge in [0.1, 0.15) is 5.60 Å². The molecule has 5 nitrogen and oxygen atoms in total. The van der Waals surface area contributed by atoms with Crippen molar-refractivity contribution in [1.29, 1.82) is 0 Å². The van der Waals surface area contributed by atoms with Gasteiger partial charge in [-0.3, -0.25) is 10.2 Å². The van der Waals surface area contributed by atoms with Crippen molar-refractivity contribution in [2.75, 3.05) is 26.2 Å². The monoisotopic (exact) mass is 228 g/mol. The summed E-state index contributed by atoms with van der Waals surface area (Å²) in [6.07, 6.45) is 0.780. The largest absolute Gasteiger partial charge is 0.444 e. The van der Waals surface area contributed by atoms with Gasteiger partial charge in [0, 0.05) is 6.54 Å². The molecule has 0 aromatic carbocycles. The van der Waals surface area contributed by atoms with Gasteiger partial charge in [-0.25, -0.2) is 4.79 Å². The molecule has 0 aromatic rings. The molecule has 0 atom stereocenters. The van der Waals surface area contributed by atoms with Crippen molar-refractivity contribution in [3.05, 3.63) is 0 Å². The van der Waals surface area contributed by atoms with Gasteiger partial charge in [-0.2, -0.15) is 0 Å². The Bertz CT molecular complexity index is 271. The maximum atomic E-state index is 11.7. The minimum absolute atomic E-state index is 0.255. The van der Waals surface area contributed by atoms with Crippen LogP contribution in [0.25, 0.3) is 0 Å². The number of carbonyl (C=O) groups excluding carboxylic acids is 1. The lowest BCUT2D eigenvalue weighted by molar-refractivity contribution is -0.174. The first kappa shape index (κ1) is 11.7. The smallest absolute Gasteiger partial charge is 0.410 e. The number of hydrogen-bond acceptors (Lipinski definition) is 4. The predicted octanol–water partition coefficient (Wildman–Crippen LogP) is 0.943. The van der Waals surface area contributed by atoms with Crippen molar-refractivity contribution in [3.63, 3.8) is 0 Å². The molecule has 0 bridgehead atoms. The van der Waals surface area contributed by atoms with Crippen molar-refractivity contribution in [2.45, 2.75) is 38.5 Å². The van der Waals surface area contributed by atoms with E-state index in [9.17, 15) is 4.79 Å². The second kappa shape index (κ2) is 3.89. The van der Waals surface area contributed by atoms with Crippen molar-refractivity contribution in [1.82, 2.24) is 10.2 Å². The van der Waals surface area contributed by atoms with Gasteiger partial charge < -0.3 is 9.47 Å². The standard InChI is InChI=1S/C11H20N2O3/c1-10(2,3)16-9(14)13-7-11(8-13)12-5-4-6-15-11/h12H,4-8H2,1-3H3. The zero-order chi connectivity index (χ0) is 11.8. The van der Waals surface area contributed by atoms with E-state index >= 15 is 0 Å². The molecule has 0 saturated carbocycles. The van der Waals surface area contributed by atoms with Crippen molar-refractivity contribution in [3.8, 4) is 0 Å². The SMILES string of the molecule is CC(C)(C)OC(=O)N1CC2(C1)NCCCO2. The highest BCUT2D eigenvalue weighted by Gasteiger charge is 2.48. The van der Waals surface area contributed by atoms with E-state index < -0.39 is 5.60 Å². The minimum Gasteiger partial charge on any atom is -0.444 e. The summed E-state index contributed by atoms with van der Waals surface area (Å²) < 4.78 is 10.9. The van der Waals surface area contributed by atoms with Crippen LogP contribution in [0.1, 0.15) is 27.2 Å². The zero-order valence-electron chi connectivity index (χ0n) is 10.2. The molecule has 1 amide bonds. The number of nitrogens with one attached hydrogen (secondary N) is 1. The molecule has 1 N–H and O–H groups in total. The van der Waals surface area contributed by atoms with E-state index in [1.54, 1.807) is 4.90 Å². The Morgan fingerprint density at radius 2 is 2.12 bits per heavy atom. The van der Waals surface area contributed by atoms with Crippen molar-refractivity contribution < 1.29 is 14.3 Å². The molecule has 0 aromatic heterocycles. The average molecular weight is 228 g/mol. The van der Waals surface area contributed by atoms with Gasteiger partial charge in [0.2, 0.25) is 0 Å². The number of rotatable bonds is 0. The van der Waals surface area contributed by atoms with Crippen LogP contribution in [0.4, 0.5) is 4.79 Å². The van der Waals surface area contributed by atoms with Crippen LogP contribution >= 0.6 is 0 Å². The van der Waals surface area contributed by atoms with Gasteiger partial charge in [0.25, 0.3) is 0 Å². The normalized spacial score (nSPS) is 24.1. The summed E-state index contributed by atoms with van der Waals surface area (Å²) in [6, 6.07) is 0. The summed E-state index contributed by atoms with van der Waals surface area (Å²) in [5, 5.41) is 3.31. The molecule has 2 heterocycles. The molecular formula is C11H20N2O3. The number of carbonyl (C=O) groups is 1. The predicted molar refractivity (Wildman–Crippen MR) is 59.1 cm³/mol. The van der Waals surface area contributed by atoms with Gasteiger partial charge >= 0.3 is 6.09 Å². The molecule has 2 aliphatic rings. The van der Waals surface area contributed by atoms with Gasteiger partial charge in [-0.1, -0.05) is 0 Å². The van der Waals surface area contributed by atoms with E-state index in [0.717, 1.165) is 19.6 Å². The summed E-state index contributed by atoms with van der Waals surface area (Å²) in [6.45, 7) is 8.52. The average Bonchev–Trinajstić information content (AvgIpc) is 2.12. The highest BCUT2D eigenvalue weighted by atomic mass is 16.6. The fourth-order valence-electron chi connectivity index (χ4n) is 1.94. The third-order valence-electron chi connectivity index (χ3n) is 2.69. The van der Waals surface area contributed by atoms with Crippen LogP contribution in [-0.2, 0) is 9.47 Å². The Morgan fingerprint density at radius 3 is 2.62 bits per heavy atom. The molecule has 5 heteroatoms. The molecule has 0 unspecified atom stereocenters. The highest BCUT2D eigenvalue weighted by Crippen LogP contribution is 2.26. The molecule has 2 fully saturated rings. The molecule has 0 radical (unpaired) electrons. The number of amides is 1. The molecule has 1 spiro atoms. The van der Waals surface area contributed by atoms with E-state index in [4.69, 9.17) is 9.47 Å². The van der Waals surface area contributed by atoms with Crippen molar-refractivity contribution >= 4 is 6.09 Å². The Morgan fingerprint density at radius 1 is 1.44 bits per heavy atom. The number of likely N-dealkylation sites (tertiary alicyclic amines) is 1. The van der Waals surface area contributed by atoms with Crippen LogP contribution < -0.4 is 5.32 Å². The van der Waals surface area contributed by atoms with Crippen LogP contribution in [-0.4, -0.2) is 48.6 Å². The summed E-state index contributed by atoms with van der Waals surface area (Å²) >= 11 is 0. The molecule has 16 heavy (non-hydrogen) atoms. The van der Waals surface area contributed by atoms with Gasteiger partial charge in [-0.15, -0.1) is 0 Å². The highest BCUT2D eigenvalue weighted by molar-refractivity contribution is 5.69. The zero-order valence-corrected chi connectivity index (χ0v) is 10.2. The third-order valence-corrected chi connectivity index (χ3v) is 2.69. The molecule has 2 saturated heterocycles. The van der Waals surface area contributed by atoms with Crippen LogP contribution in [0.15, 0.2) is 0 Å². The summed E-state index contributed by atoms with van der Waals surface area (Å²) in [5.74, 6) is 0. The first-order valence-electron chi connectivity index (χ1n) is 5.77. The summed E-state index contributed by atoms with van der Waals surface area (Å²) in [4.78, 5) is 13.4. The quantitative estimate of drug-likeness (QED) is 0.670. The van der Waals surface area contributed by atoms with E-state index in [-0.39, 0.29) is 11.8 Å². The Labute approximate surface area is 96.1 Å². The Kier molecular flexibility index (Phi) is 2.84. The minimum atomic E-state index is -0.430. The number of nitrogens with zero attached hydrogens (tertiary/aromatic N) is 1. The first-order chi connectivity index (χ1) is 7.40. The van der Waals surface area contributed by atoms with E-state index in [1.807, 2.05) is 20.8 Å². The maximum absolute atomic E-state index is 11.7. The Balaban J connectivity index is 1.81. The van der Waals surface area contributed by atoms with Gasteiger partial charge in [-0.05, 0) is 27.2 Å². The maximum Gasteiger partial charge on any atom is 0.410 e. The number of hydrogen-bond donors (Lipinski definition) is 1. The summed E-state index contributed by atoms with van der Waals surface area (Å²) in [5.41, 5.74) is -0.726. The first-order valence-corrected chi connectivity index (χ1v) is 5.77. The molecule has 2 rings (SSSR count). The molecular weight excluding hydrogens is 208 g/mol. The lowest BCUT2D eigenvalue weighted by Gasteiger charge is -2.51. The fourth-order valence-corrected chi connectivity index (χ4v) is 1.94. The van der Waals surface area contributed by atoms with Crippen LogP contribution in [0, 0.1) is 0 Å². The summed E-state index contributed by atoms with van der Waals surface area (Å²) in [7, 11) is 0.